The van der Waals surface area contributed by atoms with Gasteiger partial charge in [-0.2, -0.15) is 0 Å². The Balaban J connectivity index is 1.50. The molecule has 2 amide bonds. The zero-order valence-electron chi connectivity index (χ0n) is 14.3. The highest BCUT2D eigenvalue weighted by molar-refractivity contribution is 6.04. The van der Waals surface area contributed by atoms with Crippen LogP contribution in [0.25, 0.3) is 11.1 Å². The summed E-state index contributed by atoms with van der Waals surface area (Å²) in [5, 5.41) is 2.53. The average molecular weight is 371 g/mol. The molecule has 0 saturated carbocycles. The van der Waals surface area contributed by atoms with Gasteiger partial charge in [0.25, 0.3) is 0 Å². The SMILES string of the molecule is Cc1nc2cc(N3C[C@H](C(=O)Nc4ccc(F)c(F)c4)CC3=O)ccc2o1. The van der Waals surface area contributed by atoms with Crippen LogP contribution in [-0.2, 0) is 9.59 Å². The molecule has 1 atom stereocenters. The van der Waals surface area contributed by atoms with Gasteiger partial charge in [0.05, 0.1) is 5.92 Å². The Bertz CT molecular complexity index is 1060. The number of hydrogen-bond donors (Lipinski definition) is 1. The van der Waals surface area contributed by atoms with Crippen molar-refractivity contribution < 1.29 is 22.8 Å². The lowest BCUT2D eigenvalue weighted by Gasteiger charge is -2.16. The maximum absolute atomic E-state index is 13.3. The molecule has 27 heavy (non-hydrogen) atoms. The van der Waals surface area contributed by atoms with Gasteiger partial charge >= 0.3 is 0 Å². The van der Waals surface area contributed by atoms with E-state index in [2.05, 4.69) is 10.3 Å². The fourth-order valence-corrected chi connectivity index (χ4v) is 3.15. The zero-order valence-corrected chi connectivity index (χ0v) is 14.3. The minimum atomic E-state index is -1.05. The summed E-state index contributed by atoms with van der Waals surface area (Å²) >= 11 is 0. The summed E-state index contributed by atoms with van der Waals surface area (Å²) in [6.45, 7) is 1.93. The Labute approximate surface area is 152 Å². The minimum Gasteiger partial charge on any atom is -0.441 e. The number of aromatic nitrogens is 1. The number of carbonyl (C=O) groups excluding carboxylic acids is 2. The number of benzene rings is 2. The van der Waals surface area contributed by atoms with Crippen LogP contribution in [-0.4, -0.2) is 23.3 Å². The molecule has 1 aliphatic rings. The Hall–Kier alpha value is -3.29. The number of aryl methyl sites for hydroxylation is 1. The van der Waals surface area contributed by atoms with Crippen LogP contribution in [0, 0.1) is 24.5 Å². The Morgan fingerprint density at radius 1 is 1.22 bits per heavy atom. The molecular weight excluding hydrogens is 356 g/mol. The molecule has 3 aromatic rings. The zero-order chi connectivity index (χ0) is 19.1. The molecule has 0 spiro atoms. The van der Waals surface area contributed by atoms with E-state index >= 15 is 0 Å². The van der Waals surface area contributed by atoms with E-state index in [1.54, 1.807) is 25.1 Å². The van der Waals surface area contributed by atoms with E-state index in [-0.39, 0.29) is 24.6 Å². The second-order valence-corrected chi connectivity index (χ2v) is 6.41. The third kappa shape index (κ3) is 3.25. The van der Waals surface area contributed by atoms with E-state index < -0.39 is 23.5 Å². The Kier molecular flexibility index (Phi) is 4.10. The van der Waals surface area contributed by atoms with E-state index in [4.69, 9.17) is 4.42 Å². The van der Waals surface area contributed by atoms with Crippen molar-refractivity contribution in [3.05, 3.63) is 53.9 Å². The summed E-state index contributed by atoms with van der Waals surface area (Å²) in [7, 11) is 0. The maximum Gasteiger partial charge on any atom is 0.229 e. The molecule has 2 heterocycles. The highest BCUT2D eigenvalue weighted by atomic mass is 19.2. The van der Waals surface area contributed by atoms with Gasteiger partial charge in [0.15, 0.2) is 23.1 Å². The molecule has 1 N–H and O–H groups in total. The van der Waals surface area contributed by atoms with Gasteiger partial charge in [-0.1, -0.05) is 0 Å². The lowest BCUT2D eigenvalue weighted by molar-refractivity contribution is -0.122. The fraction of sp³-hybridized carbons (Fsp3) is 0.211. The highest BCUT2D eigenvalue weighted by Gasteiger charge is 2.35. The second-order valence-electron chi connectivity index (χ2n) is 6.41. The van der Waals surface area contributed by atoms with Gasteiger partial charge in [0, 0.05) is 37.3 Å². The predicted octanol–water partition coefficient (Wildman–Crippen LogP) is 3.41. The van der Waals surface area contributed by atoms with Crippen LogP contribution in [0.15, 0.2) is 40.8 Å². The number of rotatable bonds is 3. The summed E-state index contributed by atoms with van der Waals surface area (Å²) in [4.78, 5) is 30.5. The van der Waals surface area contributed by atoms with Crippen LogP contribution in [0.4, 0.5) is 20.2 Å². The fourth-order valence-electron chi connectivity index (χ4n) is 3.15. The molecule has 0 radical (unpaired) electrons. The van der Waals surface area contributed by atoms with Crippen molar-refractivity contribution in [1.82, 2.24) is 4.98 Å². The Morgan fingerprint density at radius 2 is 2.04 bits per heavy atom. The molecule has 1 aliphatic heterocycles. The molecule has 1 aromatic heterocycles. The van der Waals surface area contributed by atoms with Crippen molar-refractivity contribution in [1.29, 1.82) is 0 Å². The number of carbonyl (C=O) groups is 2. The first-order valence-corrected chi connectivity index (χ1v) is 8.34. The van der Waals surface area contributed by atoms with Gasteiger partial charge in [-0.3, -0.25) is 9.59 Å². The van der Waals surface area contributed by atoms with Gasteiger partial charge in [-0.15, -0.1) is 0 Å². The first-order chi connectivity index (χ1) is 12.9. The normalized spacial score (nSPS) is 16.9. The van der Waals surface area contributed by atoms with E-state index in [1.165, 1.54) is 11.0 Å². The Morgan fingerprint density at radius 3 is 2.81 bits per heavy atom. The van der Waals surface area contributed by atoms with Gasteiger partial charge in [-0.05, 0) is 30.3 Å². The quantitative estimate of drug-likeness (QED) is 0.766. The van der Waals surface area contributed by atoms with Crippen LogP contribution in [0.2, 0.25) is 0 Å². The lowest BCUT2D eigenvalue weighted by atomic mass is 10.1. The van der Waals surface area contributed by atoms with Crippen molar-refractivity contribution in [2.24, 2.45) is 5.92 Å². The van der Waals surface area contributed by atoms with E-state index in [0.717, 1.165) is 12.1 Å². The van der Waals surface area contributed by atoms with Gasteiger partial charge in [0.2, 0.25) is 11.8 Å². The summed E-state index contributed by atoms with van der Waals surface area (Å²) in [5.41, 5.74) is 2.02. The van der Waals surface area contributed by atoms with Crippen LogP contribution in [0.3, 0.4) is 0 Å². The van der Waals surface area contributed by atoms with E-state index in [9.17, 15) is 18.4 Å². The van der Waals surface area contributed by atoms with Crippen molar-refractivity contribution in [2.75, 3.05) is 16.8 Å². The first-order valence-electron chi connectivity index (χ1n) is 8.34. The maximum atomic E-state index is 13.3. The first kappa shape index (κ1) is 17.1. The van der Waals surface area contributed by atoms with Crippen LogP contribution in [0.1, 0.15) is 12.3 Å². The molecule has 8 heteroatoms. The molecule has 4 rings (SSSR count). The third-order valence-corrected chi connectivity index (χ3v) is 4.47. The molecule has 2 aromatic carbocycles. The third-order valence-electron chi connectivity index (χ3n) is 4.47. The molecule has 0 aliphatic carbocycles. The average Bonchev–Trinajstić information content (AvgIpc) is 3.19. The molecular formula is C19H15F2N3O3. The summed E-state index contributed by atoms with van der Waals surface area (Å²) < 4.78 is 31.7. The summed E-state index contributed by atoms with van der Waals surface area (Å²) in [6.07, 6.45) is 0.0331. The molecule has 0 bridgehead atoms. The second kappa shape index (κ2) is 6.46. The van der Waals surface area contributed by atoms with Gasteiger partial charge < -0.3 is 14.6 Å². The molecule has 1 saturated heterocycles. The van der Waals surface area contributed by atoms with E-state index in [0.29, 0.717) is 22.7 Å². The highest BCUT2D eigenvalue weighted by Crippen LogP contribution is 2.29. The largest absolute Gasteiger partial charge is 0.441 e. The van der Waals surface area contributed by atoms with Crippen LogP contribution in [0.5, 0.6) is 0 Å². The number of hydrogen-bond acceptors (Lipinski definition) is 4. The summed E-state index contributed by atoms with van der Waals surface area (Å²) in [5.74, 6) is -2.73. The summed E-state index contributed by atoms with van der Waals surface area (Å²) in [6, 6.07) is 8.31. The number of nitrogens with one attached hydrogen (secondary N) is 1. The smallest absolute Gasteiger partial charge is 0.229 e. The van der Waals surface area contributed by atoms with Crippen LogP contribution < -0.4 is 10.2 Å². The number of amides is 2. The number of fused-ring (bicyclic) bond motifs is 1. The topological polar surface area (TPSA) is 75.4 Å². The standard InChI is InChI=1S/C19H15F2N3O3/c1-10-22-16-8-13(3-5-17(16)27-10)24-9-11(6-18(24)25)19(26)23-12-2-4-14(20)15(21)7-12/h2-5,7-8,11H,6,9H2,1H3,(H,23,26)/t11-/m1/s1. The lowest BCUT2D eigenvalue weighted by Crippen LogP contribution is -2.28. The van der Waals surface area contributed by atoms with Crippen molar-refractivity contribution >= 4 is 34.3 Å². The van der Waals surface area contributed by atoms with Gasteiger partial charge in [-0.25, -0.2) is 13.8 Å². The van der Waals surface area contributed by atoms with Crippen molar-refractivity contribution in [3.63, 3.8) is 0 Å². The van der Waals surface area contributed by atoms with E-state index in [1.807, 2.05) is 0 Å². The van der Waals surface area contributed by atoms with Crippen molar-refractivity contribution in [3.8, 4) is 0 Å². The molecule has 1 fully saturated rings. The van der Waals surface area contributed by atoms with Crippen molar-refractivity contribution in [2.45, 2.75) is 13.3 Å². The number of halogens is 2. The predicted molar refractivity (Wildman–Crippen MR) is 94.2 cm³/mol. The molecule has 6 nitrogen and oxygen atoms in total. The van der Waals surface area contributed by atoms with Gasteiger partial charge in [0.1, 0.15) is 5.52 Å². The number of oxazole rings is 1. The minimum absolute atomic E-state index is 0.0331. The number of nitrogens with zero attached hydrogens (tertiary/aromatic N) is 2. The number of anilines is 2. The monoisotopic (exact) mass is 371 g/mol. The van der Waals surface area contributed by atoms with Crippen LogP contribution >= 0.6 is 0 Å². The molecule has 0 unspecified atom stereocenters. The molecule has 138 valence electrons.